The predicted molar refractivity (Wildman–Crippen MR) is 69.6 cm³/mol. The lowest BCUT2D eigenvalue weighted by Crippen LogP contribution is -2.11. The molecule has 0 aliphatic carbocycles. The molecule has 0 bridgehead atoms. The Morgan fingerprint density at radius 3 is 1.67 bits per heavy atom. The average Bonchev–Trinajstić information content (AvgIpc) is 2.26. The first-order valence-corrected chi connectivity index (χ1v) is 6.93. The molecule has 0 aromatic heterocycles. The van der Waals surface area contributed by atoms with Gasteiger partial charge in [0, 0.05) is 17.6 Å². The van der Waals surface area contributed by atoms with Gasteiger partial charge in [-0.15, -0.1) is 0 Å². The molecule has 4 nitrogen and oxygen atoms in total. The molecule has 2 N–H and O–H groups in total. The second kappa shape index (κ2) is 14.6. The quantitative estimate of drug-likeness (QED) is 0.332. The van der Waals surface area contributed by atoms with Gasteiger partial charge in [0.15, 0.2) is 0 Å². The minimum atomic E-state index is 0.639. The molecule has 0 aromatic rings. The van der Waals surface area contributed by atoms with Crippen molar-refractivity contribution in [2.24, 2.45) is 5.73 Å². The summed E-state index contributed by atoms with van der Waals surface area (Å²) < 4.78 is 17.1. The molecule has 0 saturated heterocycles. The van der Waals surface area contributed by atoms with Crippen molar-refractivity contribution in [2.75, 3.05) is 50.6 Å². The van der Waals surface area contributed by atoms with Crippen molar-refractivity contribution in [3.8, 4) is 0 Å². The third kappa shape index (κ3) is 14.6. The molecule has 0 saturated carbocycles. The largest absolute Gasteiger partial charge is 0.379 e. The Balaban J connectivity index is 2.81. The first-order valence-electron chi connectivity index (χ1n) is 5.41. The molecule has 0 amide bonds. The molecule has 0 fully saturated rings. The Hall–Kier alpha value is 0.570. The molecule has 5 heteroatoms. The van der Waals surface area contributed by atoms with Crippen molar-refractivity contribution in [1.29, 1.82) is 0 Å². The van der Waals surface area contributed by atoms with Crippen LogP contribution in [0.15, 0.2) is 0 Å². The molecule has 92 valence electrons. The number of hydrogen-bond donors (Lipinski definition) is 1. The number of rotatable bonds is 12. The van der Waals surface area contributed by atoms with E-state index in [2.05, 4.69) is 22.6 Å². The molecule has 0 rings (SSSR count). The number of ether oxygens (including phenoxy) is 3. The standard InChI is InChI=1S/C10H22INO3/c11-3-1-5-13-7-9-15-10-8-14-6-2-4-12/h1-10,12H2. The van der Waals surface area contributed by atoms with E-state index in [1.807, 2.05) is 0 Å². The van der Waals surface area contributed by atoms with Crippen LogP contribution in [0.25, 0.3) is 0 Å². The molecule has 0 heterocycles. The van der Waals surface area contributed by atoms with E-state index in [-0.39, 0.29) is 0 Å². The van der Waals surface area contributed by atoms with E-state index in [1.165, 1.54) is 0 Å². The van der Waals surface area contributed by atoms with Crippen LogP contribution in [0, 0.1) is 0 Å². The highest BCUT2D eigenvalue weighted by Gasteiger charge is 1.91. The third-order valence-corrected chi connectivity index (χ3v) is 2.42. The highest BCUT2D eigenvalue weighted by atomic mass is 127. The van der Waals surface area contributed by atoms with Crippen LogP contribution in [0.2, 0.25) is 0 Å². The van der Waals surface area contributed by atoms with Crippen LogP contribution in [0.3, 0.4) is 0 Å². The summed E-state index contributed by atoms with van der Waals surface area (Å²) in [4.78, 5) is 0. The van der Waals surface area contributed by atoms with E-state index in [4.69, 9.17) is 19.9 Å². The maximum atomic E-state index is 5.33. The molecular weight excluding hydrogens is 309 g/mol. The third-order valence-electron chi connectivity index (χ3n) is 1.66. The summed E-state index contributed by atoms with van der Waals surface area (Å²) in [7, 11) is 0. The monoisotopic (exact) mass is 331 g/mol. The van der Waals surface area contributed by atoms with E-state index >= 15 is 0 Å². The van der Waals surface area contributed by atoms with Gasteiger partial charge in [-0.05, 0) is 19.4 Å². The molecular formula is C10H22INO3. The van der Waals surface area contributed by atoms with Crippen molar-refractivity contribution in [2.45, 2.75) is 12.8 Å². The highest BCUT2D eigenvalue weighted by Crippen LogP contribution is 1.89. The number of alkyl halides is 1. The lowest BCUT2D eigenvalue weighted by atomic mass is 10.5. The van der Waals surface area contributed by atoms with Gasteiger partial charge in [-0.1, -0.05) is 22.6 Å². The Kier molecular flexibility index (Phi) is 15.1. The summed E-state index contributed by atoms with van der Waals surface area (Å²) in [6.45, 7) is 4.87. The first-order chi connectivity index (χ1) is 7.41. The van der Waals surface area contributed by atoms with Crippen LogP contribution >= 0.6 is 22.6 Å². The number of halogens is 1. The van der Waals surface area contributed by atoms with E-state index in [0.29, 0.717) is 33.0 Å². The zero-order chi connectivity index (χ0) is 11.2. The average molecular weight is 331 g/mol. The van der Waals surface area contributed by atoms with Crippen molar-refractivity contribution < 1.29 is 14.2 Å². The first kappa shape index (κ1) is 15.6. The van der Waals surface area contributed by atoms with Gasteiger partial charge in [-0.3, -0.25) is 0 Å². The van der Waals surface area contributed by atoms with Crippen molar-refractivity contribution >= 4 is 22.6 Å². The predicted octanol–water partition coefficient (Wildman–Crippen LogP) is 1.21. The zero-order valence-corrected chi connectivity index (χ0v) is 11.4. The second-order valence-electron chi connectivity index (χ2n) is 3.02. The van der Waals surface area contributed by atoms with Gasteiger partial charge >= 0.3 is 0 Å². The zero-order valence-electron chi connectivity index (χ0n) is 9.25. The Labute approximate surface area is 106 Å². The van der Waals surface area contributed by atoms with Gasteiger partial charge in [0.05, 0.1) is 26.4 Å². The lowest BCUT2D eigenvalue weighted by molar-refractivity contribution is 0.0147. The Bertz CT molecular complexity index is 105. The fraction of sp³-hybridized carbons (Fsp3) is 1.00. The molecule has 0 aliphatic heterocycles. The highest BCUT2D eigenvalue weighted by molar-refractivity contribution is 14.1. The molecule has 0 radical (unpaired) electrons. The van der Waals surface area contributed by atoms with E-state index < -0.39 is 0 Å². The summed E-state index contributed by atoms with van der Waals surface area (Å²) in [6, 6.07) is 0. The minimum absolute atomic E-state index is 0.639. The van der Waals surface area contributed by atoms with Gasteiger partial charge in [0.25, 0.3) is 0 Å². The Morgan fingerprint density at radius 2 is 1.20 bits per heavy atom. The smallest absolute Gasteiger partial charge is 0.0701 e. The molecule has 15 heavy (non-hydrogen) atoms. The normalized spacial score (nSPS) is 10.8. The maximum Gasteiger partial charge on any atom is 0.0701 e. The minimum Gasteiger partial charge on any atom is -0.379 e. The van der Waals surface area contributed by atoms with Crippen molar-refractivity contribution in [1.82, 2.24) is 0 Å². The lowest BCUT2D eigenvalue weighted by Gasteiger charge is -2.05. The van der Waals surface area contributed by atoms with Crippen LogP contribution in [0.4, 0.5) is 0 Å². The fourth-order valence-electron chi connectivity index (χ4n) is 0.884. The molecule has 0 aromatic carbocycles. The van der Waals surface area contributed by atoms with Crippen LogP contribution in [-0.2, 0) is 14.2 Å². The van der Waals surface area contributed by atoms with Crippen LogP contribution < -0.4 is 5.73 Å². The van der Waals surface area contributed by atoms with Crippen LogP contribution in [0.1, 0.15) is 12.8 Å². The van der Waals surface area contributed by atoms with E-state index in [0.717, 1.165) is 30.5 Å². The van der Waals surface area contributed by atoms with Gasteiger partial charge < -0.3 is 19.9 Å². The van der Waals surface area contributed by atoms with Gasteiger partial charge in [-0.2, -0.15) is 0 Å². The summed E-state index contributed by atoms with van der Waals surface area (Å²) in [6.07, 6.45) is 2.03. The molecule has 0 spiro atoms. The van der Waals surface area contributed by atoms with Crippen LogP contribution in [0.5, 0.6) is 0 Å². The van der Waals surface area contributed by atoms with Crippen molar-refractivity contribution in [3.05, 3.63) is 0 Å². The fourth-order valence-corrected chi connectivity index (χ4v) is 1.20. The number of nitrogens with two attached hydrogens (primary N) is 1. The topological polar surface area (TPSA) is 53.7 Å². The Morgan fingerprint density at radius 1 is 0.733 bits per heavy atom. The number of hydrogen-bond acceptors (Lipinski definition) is 4. The summed E-state index contributed by atoms with van der Waals surface area (Å²) in [5.41, 5.74) is 5.32. The summed E-state index contributed by atoms with van der Waals surface area (Å²) in [5.74, 6) is 0. The SMILES string of the molecule is NCCCOCCOCCOCCCI. The molecule has 0 unspecified atom stereocenters. The summed E-state index contributed by atoms with van der Waals surface area (Å²) >= 11 is 2.34. The van der Waals surface area contributed by atoms with Gasteiger partial charge in [0.2, 0.25) is 0 Å². The van der Waals surface area contributed by atoms with E-state index in [9.17, 15) is 0 Å². The second-order valence-corrected chi connectivity index (χ2v) is 4.10. The van der Waals surface area contributed by atoms with Gasteiger partial charge in [0.1, 0.15) is 0 Å². The molecule has 0 aliphatic rings. The van der Waals surface area contributed by atoms with Gasteiger partial charge in [-0.25, -0.2) is 0 Å². The van der Waals surface area contributed by atoms with Crippen molar-refractivity contribution in [3.63, 3.8) is 0 Å². The maximum absolute atomic E-state index is 5.33. The molecule has 0 atom stereocenters. The summed E-state index contributed by atoms with van der Waals surface area (Å²) in [5, 5.41) is 0. The van der Waals surface area contributed by atoms with E-state index in [1.54, 1.807) is 0 Å². The van der Waals surface area contributed by atoms with Crippen LogP contribution in [-0.4, -0.2) is 50.6 Å².